The predicted octanol–water partition coefficient (Wildman–Crippen LogP) is 6.98. The lowest BCUT2D eigenvalue weighted by Crippen LogP contribution is -2.42. The number of hydrogen-bond donors (Lipinski definition) is 1. The number of nitrogens with one attached hydrogen (secondary N) is 1. The molecule has 0 saturated heterocycles. The fourth-order valence-electron chi connectivity index (χ4n) is 5.18. The van der Waals surface area contributed by atoms with Gasteiger partial charge in [-0.05, 0) is 55.0 Å². The SMILES string of the molecule is COc1cc2nccc(Oc3ccc(N(CCc4ccccc4)S(=O)(=O)NCCC4=CC=CC(C)C4)cc3F)c2cc1OC. The van der Waals surface area contributed by atoms with Gasteiger partial charge in [0.1, 0.15) is 5.75 Å². The minimum Gasteiger partial charge on any atom is -0.493 e. The van der Waals surface area contributed by atoms with E-state index < -0.39 is 16.0 Å². The molecular weight excluding hydrogens is 581 g/mol. The maximum absolute atomic E-state index is 15.6. The van der Waals surface area contributed by atoms with Gasteiger partial charge in [-0.2, -0.15) is 13.1 Å². The van der Waals surface area contributed by atoms with Gasteiger partial charge in [-0.1, -0.05) is 61.1 Å². The predicted molar refractivity (Wildman–Crippen MR) is 171 cm³/mol. The topological polar surface area (TPSA) is 90.0 Å². The minimum absolute atomic E-state index is 0.0594. The second-order valence-electron chi connectivity index (χ2n) is 10.6. The second kappa shape index (κ2) is 13.9. The molecule has 1 N–H and O–H groups in total. The Morgan fingerprint density at radius 1 is 0.955 bits per heavy atom. The first-order chi connectivity index (χ1) is 21.3. The zero-order chi connectivity index (χ0) is 31.1. The Morgan fingerprint density at radius 3 is 2.45 bits per heavy atom. The van der Waals surface area contributed by atoms with E-state index in [4.69, 9.17) is 14.2 Å². The van der Waals surface area contributed by atoms with Crippen molar-refractivity contribution in [3.05, 3.63) is 108 Å². The molecule has 1 heterocycles. The Bertz CT molecular complexity index is 1780. The van der Waals surface area contributed by atoms with Crippen molar-refractivity contribution in [2.24, 2.45) is 5.92 Å². The third kappa shape index (κ3) is 7.38. The third-order valence-electron chi connectivity index (χ3n) is 7.45. The van der Waals surface area contributed by atoms with E-state index in [1.165, 1.54) is 36.2 Å². The molecule has 1 aliphatic carbocycles. The highest BCUT2D eigenvalue weighted by Crippen LogP contribution is 2.38. The van der Waals surface area contributed by atoms with Crippen molar-refractivity contribution in [3.63, 3.8) is 0 Å². The van der Waals surface area contributed by atoms with E-state index in [2.05, 4.69) is 22.7 Å². The van der Waals surface area contributed by atoms with Gasteiger partial charge in [0, 0.05) is 36.8 Å². The van der Waals surface area contributed by atoms with E-state index >= 15 is 4.39 Å². The number of rotatable bonds is 13. The number of aromatic nitrogens is 1. The Morgan fingerprint density at radius 2 is 1.73 bits per heavy atom. The van der Waals surface area contributed by atoms with Gasteiger partial charge in [-0.3, -0.25) is 9.29 Å². The van der Waals surface area contributed by atoms with Crippen LogP contribution < -0.4 is 23.2 Å². The van der Waals surface area contributed by atoms with Crippen LogP contribution in [0.15, 0.2) is 96.7 Å². The van der Waals surface area contributed by atoms with Crippen LogP contribution in [0, 0.1) is 11.7 Å². The number of hydrogen-bond acceptors (Lipinski definition) is 6. The first-order valence-corrected chi connectivity index (χ1v) is 15.9. The summed E-state index contributed by atoms with van der Waals surface area (Å²) in [4.78, 5) is 4.36. The van der Waals surface area contributed by atoms with Crippen LogP contribution in [0.5, 0.6) is 23.0 Å². The van der Waals surface area contributed by atoms with Gasteiger partial charge in [0.15, 0.2) is 23.1 Å². The van der Waals surface area contributed by atoms with Crippen molar-refractivity contribution in [1.29, 1.82) is 0 Å². The van der Waals surface area contributed by atoms with Crippen molar-refractivity contribution in [2.75, 3.05) is 31.6 Å². The highest BCUT2D eigenvalue weighted by atomic mass is 32.2. The molecule has 0 amide bonds. The standard InChI is InChI=1S/C34H36FN3O5S/c1-24-8-7-11-26(20-24)14-18-37-44(39,40)38(19-16-25-9-5-4-6-10-25)27-12-13-32(29(35)21-27)43-31-15-17-36-30-23-34(42-3)33(41-2)22-28(30)31/h4-13,15,17,21-24,37H,14,16,18-20H2,1-3H3. The van der Waals surface area contributed by atoms with Gasteiger partial charge in [0.2, 0.25) is 0 Å². The molecule has 1 unspecified atom stereocenters. The summed E-state index contributed by atoms with van der Waals surface area (Å²) in [6.45, 7) is 2.49. The number of allylic oxidation sites excluding steroid dienone is 3. The van der Waals surface area contributed by atoms with Crippen LogP contribution in [-0.2, 0) is 16.6 Å². The number of ether oxygens (including phenoxy) is 3. The van der Waals surface area contributed by atoms with E-state index in [9.17, 15) is 8.42 Å². The molecule has 3 aromatic carbocycles. The fourth-order valence-corrected chi connectivity index (χ4v) is 6.42. The van der Waals surface area contributed by atoms with E-state index in [0.29, 0.717) is 46.9 Å². The van der Waals surface area contributed by atoms with Crippen LogP contribution in [0.4, 0.5) is 10.1 Å². The number of halogens is 1. The van der Waals surface area contributed by atoms with Crippen molar-refractivity contribution < 1.29 is 27.0 Å². The van der Waals surface area contributed by atoms with Gasteiger partial charge in [-0.25, -0.2) is 4.39 Å². The van der Waals surface area contributed by atoms with Crippen LogP contribution in [0.1, 0.15) is 25.3 Å². The molecule has 0 fully saturated rings. The summed E-state index contributed by atoms with van der Waals surface area (Å²) >= 11 is 0. The molecule has 230 valence electrons. The van der Waals surface area contributed by atoms with Gasteiger partial charge in [0.25, 0.3) is 0 Å². The second-order valence-corrected chi connectivity index (χ2v) is 12.3. The van der Waals surface area contributed by atoms with Crippen molar-refractivity contribution >= 4 is 26.8 Å². The first kappa shape index (κ1) is 31.0. The van der Waals surface area contributed by atoms with E-state index in [1.54, 1.807) is 30.5 Å². The monoisotopic (exact) mass is 617 g/mol. The van der Waals surface area contributed by atoms with Crippen LogP contribution in [-0.4, -0.2) is 40.7 Å². The van der Waals surface area contributed by atoms with Crippen LogP contribution in [0.25, 0.3) is 10.9 Å². The van der Waals surface area contributed by atoms with Crippen molar-refractivity contribution in [2.45, 2.75) is 26.2 Å². The average molecular weight is 618 g/mol. The smallest absolute Gasteiger partial charge is 0.301 e. The lowest BCUT2D eigenvalue weighted by molar-refractivity contribution is 0.355. The van der Waals surface area contributed by atoms with Crippen LogP contribution in [0.3, 0.4) is 0 Å². The molecule has 0 aliphatic heterocycles. The molecule has 44 heavy (non-hydrogen) atoms. The molecule has 10 heteroatoms. The van der Waals surface area contributed by atoms with Crippen molar-refractivity contribution in [3.8, 4) is 23.0 Å². The third-order valence-corrected chi connectivity index (χ3v) is 9.00. The molecular formula is C34H36FN3O5S. The Kier molecular flexibility index (Phi) is 9.82. The average Bonchev–Trinajstić information content (AvgIpc) is 3.02. The zero-order valence-corrected chi connectivity index (χ0v) is 25.8. The Labute approximate surface area is 258 Å². The number of pyridine rings is 1. The van der Waals surface area contributed by atoms with Gasteiger partial charge < -0.3 is 14.2 Å². The molecule has 1 atom stereocenters. The molecule has 0 spiro atoms. The number of nitrogens with zero attached hydrogens (tertiary/aromatic N) is 2. The number of fused-ring (bicyclic) bond motifs is 1. The van der Waals surface area contributed by atoms with Crippen molar-refractivity contribution in [1.82, 2.24) is 9.71 Å². The first-order valence-electron chi connectivity index (χ1n) is 14.4. The van der Waals surface area contributed by atoms with E-state index in [0.717, 1.165) is 12.0 Å². The Hall–Kier alpha value is -4.41. The van der Waals surface area contributed by atoms with E-state index in [-0.39, 0.29) is 24.5 Å². The maximum Gasteiger partial charge on any atom is 0.301 e. The largest absolute Gasteiger partial charge is 0.493 e. The number of benzene rings is 3. The van der Waals surface area contributed by atoms with Gasteiger partial charge in [0.05, 0.1) is 25.4 Å². The molecule has 8 nitrogen and oxygen atoms in total. The molecule has 0 saturated carbocycles. The number of methoxy groups -OCH3 is 2. The zero-order valence-electron chi connectivity index (χ0n) is 25.0. The quantitative estimate of drug-likeness (QED) is 0.174. The molecule has 4 aromatic rings. The maximum atomic E-state index is 15.6. The minimum atomic E-state index is -3.99. The summed E-state index contributed by atoms with van der Waals surface area (Å²) in [5.41, 5.74) is 2.93. The normalized spacial score (nSPS) is 14.7. The highest BCUT2D eigenvalue weighted by molar-refractivity contribution is 7.90. The molecule has 1 aromatic heterocycles. The summed E-state index contributed by atoms with van der Waals surface area (Å²) in [5, 5.41) is 0.600. The summed E-state index contributed by atoms with van der Waals surface area (Å²) < 4.78 is 63.5. The summed E-state index contributed by atoms with van der Waals surface area (Å²) in [6.07, 6.45) is 9.68. The molecule has 5 rings (SSSR count). The molecule has 0 bridgehead atoms. The molecule has 0 radical (unpaired) electrons. The lowest BCUT2D eigenvalue weighted by atomic mass is 9.94. The van der Waals surface area contributed by atoms with Crippen LogP contribution >= 0.6 is 0 Å². The van der Waals surface area contributed by atoms with Crippen LogP contribution in [0.2, 0.25) is 0 Å². The Balaban J connectivity index is 1.39. The fraction of sp³-hybridized carbons (Fsp3) is 0.265. The summed E-state index contributed by atoms with van der Waals surface area (Å²) in [6, 6.07) is 18.8. The van der Waals surface area contributed by atoms with Gasteiger partial charge in [-0.15, -0.1) is 0 Å². The van der Waals surface area contributed by atoms with Gasteiger partial charge >= 0.3 is 10.2 Å². The highest BCUT2D eigenvalue weighted by Gasteiger charge is 2.24. The summed E-state index contributed by atoms with van der Waals surface area (Å²) in [5.74, 6) is 1.00. The summed E-state index contributed by atoms with van der Waals surface area (Å²) in [7, 11) is -0.937. The number of anilines is 1. The lowest BCUT2D eigenvalue weighted by Gasteiger charge is -2.25. The van der Waals surface area contributed by atoms with E-state index in [1.807, 2.05) is 42.5 Å². The molecule has 1 aliphatic rings.